The van der Waals surface area contributed by atoms with E-state index < -0.39 is 0 Å². The van der Waals surface area contributed by atoms with Gasteiger partial charge >= 0.3 is 0 Å². The predicted octanol–water partition coefficient (Wildman–Crippen LogP) is 4.34. The Morgan fingerprint density at radius 2 is 1.87 bits per heavy atom. The molecule has 0 radical (unpaired) electrons. The number of nitrogens with zero attached hydrogens (tertiary/aromatic N) is 6. The van der Waals surface area contributed by atoms with E-state index >= 15 is 0 Å². The molecular weight excluding hydrogens is 492 g/mol. The molecule has 0 aliphatic carbocycles. The van der Waals surface area contributed by atoms with E-state index in [4.69, 9.17) is 4.42 Å². The Bertz CT molecular complexity index is 1280. The van der Waals surface area contributed by atoms with E-state index in [1.54, 1.807) is 13.1 Å². The third-order valence-corrected chi connectivity index (χ3v) is 7.88. The molecule has 9 heteroatoms. The third-order valence-electron chi connectivity index (χ3n) is 7.88. The average molecular weight is 531 g/mol. The Hall–Kier alpha value is -3.59. The van der Waals surface area contributed by atoms with Crippen molar-refractivity contribution in [1.82, 2.24) is 25.0 Å². The topological polar surface area (TPSA) is 95.7 Å². The number of benzene rings is 1. The number of hydrogen-bond donors (Lipinski definition) is 0. The lowest BCUT2D eigenvalue weighted by Gasteiger charge is -2.34. The van der Waals surface area contributed by atoms with Crippen LogP contribution in [0.1, 0.15) is 75.3 Å². The number of anilines is 1. The quantitative estimate of drug-likeness (QED) is 0.468. The molecule has 9 nitrogen and oxygen atoms in total. The van der Waals surface area contributed by atoms with Crippen molar-refractivity contribution < 1.29 is 14.0 Å². The van der Waals surface area contributed by atoms with Gasteiger partial charge in [-0.1, -0.05) is 38.1 Å². The molecule has 1 saturated heterocycles. The zero-order valence-electron chi connectivity index (χ0n) is 23.1. The van der Waals surface area contributed by atoms with Gasteiger partial charge in [-0.2, -0.15) is 0 Å². The van der Waals surface area contributed by atoms with Crippen LogP contribution in [0.25, 0.3) is 0 Å². The molecule has 4 heterocycles. The van der Waals surface area contributed by atoms with Crippen molar-refractivity contribution >= 4 is 17.5 Å². The summed E-state index contributed by atoms with van der Waals surface area (Å²) in [5, 5.41) is 8.26. The summed E-state index contributed by atoms with van der Waals surface area (Å²) in [7, 11) is 0. The largest absolute Gasteiger partial charge is 0.425 e. The van der Waals surface area contributed by atoms with Crippen molar-refractivity contribution in [2.45, 2.75) is 84.0 Å². The maximum Gasteiger partial charge on any atom is 0.223 e. The number of pyridine rings is 1. The van der Waals surface area contributed by atoms with E-state index in [0.717, 1.165) is 42.6 Å². The zero-order valence-corrected chi connectivity index (χ0v) is 23.1. The van der Waals surface area contributed by atoms with Crippen molar-refractivity contribution in [3.8, 4) is 0 Å². The van der Waals surface area contributed by atoms with Crippen LogP contribution in [0.2, 0.25) is 0 Å². The first kappa shape index (κ1) is 27.0. The molecule has 2 atom stereocenters. The number of amides is 2. The van der Waals surface area contributed by atoms with Crippen molar-refractivity contribution in [2.24, 2.45) is 0 Å². The second-order valence-corrected chi connectivity index (χ2v) is 11.0. The van der Waals surface area contributed by atoms with Crippen LogP contribution in [0.4, 0.5) is 5.69 Å². The lowest BCUT2D eigenvalue weighted by atomic mass is 10.1. The van der Waals surface area contributed by atoms with Crippen molar-refractivity contribution in [1.29, 1.82) is 0 Å². The first-order chi connectivity index (χ1) is 18.9. The van der Waals surface area contributed by atoms with Gasteiger partial charge in [0.1, 0.15) is 0 Å². The fourth-order valence-corrected chi connectivity index (χ4v) is 5.80. The van der Waals surface area contributed by atoms with Gasteiger partial charge in [0.25, 0.3) is 0 Å². The standard InChI is InChI=1S/C30H38N6O3/c1-21(2)30-33-32-28(39-30)12-13-29(38)34-19-24-8-4-5-9-27(24)35(22(3)37)16-14-25-10-11-26(20-34)36(25)18-23-7-6-15-31-17-23/h4-9,15,17,21,25-26H,10-14,16,18-20H2,1-3H3. The van der Waals surface area contributed by atoms with Gasteiger partial charge in [-0.15, -0.1) is 10.2 Å². The summed E-state index contributed by atoms with van der Waals surface area (Å²) in [5.74, 6) is 1.30. The predicted molar refractivity (Wildman–Crippen MR) is 148 cm³/mol. The van der Waals surface area contributed by atoms with E-state index in [1.807, 2.05) is 60.2 Å². The second kappa shape index (κ2) is 12.1. The fourth-order valence-electron chi connectivity index (χ4n) is 5.80. The first-order valence-electron chi connectivity index (χ1n) is 14.0. The number of aryl methyl sites for hydroxylation is 1. The molecule has 2 bridgehead atoms. The van der Waals surface area contributed by atoms with E-state index in [-0.39, 0.29) is 30.2 Å². The van der Waals surface area contributed by atoms with Gasteiger partial charge in [-0.25, -0.2) is 0 Å². The van der Waals surface area contributed by atoms with Crippen LogP contribution in [0.5, 0.6) is 0 Å². The monoisotopic (exact) mass is 530 g/mol. The van der Waals surface area contributed by atoms with Gasteiger partial charge in [0, 0.05) is 82.0 Å². The fraction of sp³-hybridized carbons (Fsp3) is 0.500. The highest BCUT2D eigenvalue weighted by Gasteiger charge is 2.36. The van der Waals surface area contributed by atoms with Crippen LogP contribution in [-0.4, -0.2) is 62.0 Å². The number of hydrogen-bond acceptors (Lipinski definition) is 7. The summed E-state index contributed by atoms with van der Waals surface area (Å²) in [6.45, 7) is 8.14. The highest BCUT2D eigenvalue weighted by atomic mass is 16.4. The van der Waals surface area contributed by atoms with Gasteiger partial charge < -0.3 is 14.2 Å². The van der Waals surface area contributed by atoms with Crippen LogP contribution < -0.4 is 4.90 Å². The molecule has 1 fully saturated rings. The van der Waals surface area contributed by atoms with Crippen LogP contribution in [-0.2, 0) is 29.1 Å². The van der Waals surface area contributed by atoms with Gasteiger partial charge in [-0.05, 0) is 42.5 Å². The Morgan fingerprint density at radius 1 is 1.05 bits per heavy atom. The van der Waals surface area contributed by atoms with Crippen molar-refractivity contribution in [3.05, 3.63) is 71.7 Å². The summed E-state index contributed by atoms with van der Waals surface area (Å²) in [6.07, 6.45) is 7.34. The number of carbonyl (C=O) groups is 2. The number of para-hydroxylation sites is 1. The minimum Gasteiger partial charge on any atom is -0.425 e. The normalized spacial score (nSPS) is 20.1. The first-order valence-corrected chi connectivity index (χ1v) is 14.0. The highest BCUT2D eigenvalue weighted by molar-refractivity contribution is 5.92. The van der Waals surface area contributed by atoms with E-state index in [9.17, 15) is 9.59 Å². The minimum absolute atomic E-state index is 0.0188. The SMILES string of the molecule is CC(=O)N1CCC2CCC(CN(C(=O)CCc3nnc(C(C)C)o3)Cc3ccccc31)N2Cc1cccnc1. The maximum atomic E-state index is 13.8. The molecule has 5 rings (SSSR count). The second-order valence-electron chi connectivity index (χ2n) is 11.0. The van der Waals surface area contributed by atoms with Gasteiger partial charge in [-0.3, -0.25) is 19.5 Å². The van der Waals surface area contributed by atoms with Crippen LogP contribution in [0.3, 0.4) is 0 Å². The van der Waals surface area contributed by atoms with Gasteiger partial charge in [0.2, 0.25) is 23.6 Å². The van der Waals surface area contributed by atoms with Gasteiger partial charge in [0.05, 0.1) is 0 Å². The van der Waals surface area contributed by atoms with E-state index in [0.29, 0.717) is 43.9 Å². The van der Waals surface area contributed by atoms with Crippen LogP contribution >= 0.6 is 0 Å². The van der Waals surface area contributed by atoms with E-state index in [2.05, 4.69) is 26.1 Å². The van der Waals surface area contributed by atoms with Crippen LogP contribution in [0.15, 0.2) is 53.2 Å². The molecule has 2 aromatic heterocycles. The number of aromatic nitrogens is 3. The molecule has 3 aromatic rings. The number of rotatable bonds is 6. The molecular formula is C30H38N6O3. The Kier molecular flexibility index (Phi) is 8.35. The lowest BCUT2D eigenvalue weighted by molar-refractivity contribution is -0.132. The van der Waals surface area contributed by atoms with Crippen molar-refractivity contribution in [2.75, 3.05) is 18.0 Å². The van der Waals surface area contributed by atoms with Gasteiger partial charge in [0.15, 0.2) is 0 Å². The third kappa shape index (κ3) is 6.36. The molecule has 2 aliphatic heterocycles. The molecule has 2 amide bonds. The summed E-state index contributed by atoms with van der Waals surface area (Å²) in [6, 6.07) is 12.6. The average Bonchev–Trinajstić information content (AvgIpc) is 3.55. The van der Waals surface area contributed by atoms with E-state index in [1.165, 1.54) is 0 Å². The zero-order chi connectivity index (χ0) is 27.4. The summed E-state index contributed by atoms with van der Waals surface area (Å²) in [5.41, 5.74) is 3.03. The van der Waals surface area contributed by atoms with Crippen LogP contribution in [0, 0.1) is 0 Å². The summed E-state index contributed by atoms with van der Waals surface area (Å²) in [4.78, 5) is 37.3. The molecule has 0 N–H and O–H groups in total. The summed E-state index contributed by atoms with van der Waals surface area (Å²) >= 11 is 0. The smallest absolute Gasteiger partial charge is 0.223 e. The van der Waals surface area contributed by atoms with Crippen molar-refractivity contribution in [3.63, 3.8) is 0 Å². The Balaban J connectivity index is 1.43. The Morgan fingerprint density at radius 3 is 2.62 bits per heavy atom. The molecule has 2 unspecified atom stereocenters. The molecule has 0 saturated carbocycles. The number of fused-ring (bicyclic) bond motifs is 3. The maximum absolute atomic E-state index is 13.8. The molecule has 1 aromatic carbocycles. The number of carbonyl (C=O) groups excluding carboxylic acids is 2. The molecule has 39 heavy (non-hydrogen) atoms. The molecule has 206 valence electrons. The Labute approximate surface area is 230 Å². The molecule has 0 spiro atoms. The lowest BCUT2D eigenvalue weighted by Crippen LogP contribution is -2.45. The summed E-state index contributed by atoms with van der Waals surface area (Å²) < 4.78 is 5.76. The molecule has 2 aliphatic rings. The highest BCUT2D eigenvalue weighted by Crippen LogP contribution is 2.32. The minimum atomic E-state index is 0.0188.